The fourth-order valence-corrected chi connectivity index (χ4v) is 8.04. The highest BCUT2D eigenvalue weighted by molar-refractivity contribution is 6.23. The molecule has 248 valence electrons. The van der Waals surface area contributed by atoms with Crippen molar-refractivity contribution in [1.82, 2.24) is 0 Å². The molecule has 0 atom stereocenters. The zero-order chi connectivity index (χ0) is 35.1. The molecule has 0 aliphatic carbocycles. The normalized spacial score (nSPS) is 11.4. The smallest absolute Gasteiger partial charge is 0.0540 e. The quantitative estimate of drug-likeness (QED) is 0.159. The molecule has 0 aromatic heterocycles. The summed E-state index contributed by atoms with van der Waals surface area (Å²) in [7, 11) is 0. The predicted molar refractivity (Wildman–Crippen MR) is 227 cm³/mol. The molecule has 0 fully saturated rings. The van der Waals surface area contributed by atoms with Gasteiger partial charge >= 0.3 is 0 Å². The maximum Gasteiger partial charge on any atom is 0.0540 e. The van der Waals surface area contributed by atoms with Crippen LogP contribution in [0.5, 0.6) is 0 Å². The largest absolute Gasteiger partial charge is 0.310 e. The molecule has 1 heteroatoms. The Kier molecular flexibility index (Phi) is 7.55. The summed E-state index contributed by atoms with van der Waals surface area (Å²) in [6.07, 6.45) is 0. The minimum absolute atomic E-state index is 1.10. The van der Waals surface area contributed by atoms with E-state index in [1.54, 1.807) is 0 Å². The van der Waals surface area contributed by atoms with Crippen molar-refractivity contribution in [3.05, 3.63) is 212 Å². The molecule has 0 spiro atoms. The lowest BCUT2D eigenvalue weighted by atomic mass is 9.90. The minimum atomic E-state index is 1.10. The third-order valence-electron chi connectivity index (χ3n) is 10.6. The van der Waals surface area contributed by atoms with Crippen molar-refractivity contribution in [2.75, 3.05) is 4.90 Å². The van der Waals surface area contributed by atoms with Gasteiger partial charge in [0.05, 0.1) is 5.69 Å². The Hall–Kier alpha value is -6.96. The van der Waals surface area contributed by atoms with Crippen LogP contribution in [-0.2, 0) is 0 Å². The average molecular weight is 674 g/mol. The van der Waals surface area contributed by atoms with E-state index >= 15 is 0 Å². The van der Waals surface area contributed by atoms with Crippen molar-refractivity contribution in [1.29, 1.82) is 0 Å². The molecular formula is C52H35N. The summed E-state index contributed by atoms with van der Waals surface area (Å²) in [6, 6.07) is 77.2. The van der Waals surface area contributed by atoms with Gasteiger partial charge in [-0.15, -0.1) is 0 Å². The van der Waals surface area contributed by atoms with Gasteiger partial charge in [0.1, 0.15) is 0 Å². The Labute approximate surface area is 309 Å². The van der Waals surface area contributed by atoms with Crippen molar-refractivity contribution < 1.29 is 0 Å². The predicted octanol–water partition coefficient (Wildman–Crippen LogP) is 14.8. The number of anilines is 3. The monoisotopic (exact) mass is 673 g/mol. The van der Waals surface area contributed by atoms with Crippen LogP contribution in [0.1, 0.15) is 0 Å². The number of rotatable bonds is 6. The van der Waals surface area contributed by atoms with Gasteiger partial charge in [-0.1, -0.05) is 170 Å². The van der Waals surface area contributed by atoms with Crippen molar-refractivity contribution in [2.45, 2.75) is 0 Å². The number of benzene rings is 10. The van der Waals surface area contributed by atoms with Crippen molar-refractivity contribution in [3.63, 3.8) is 0 Å². The van der Waals surface area contributed by atoms with E-state index in [2.05, 4.69) is 217 Å². The van der Waals surface area contributed by atoms with Crippen molar-refractivity contribution >= 4 is 60.2 Å². The standard InChI is InChI=1S/C52H35N/c1-2-13-38(14-3-1)46-17-10-11-21-51(46)53(44-30-26-37(27-31-44)42-24-22-36-12-4-5-16-41(36)34-42)45-32-28-40(29-33-45)50-35-43-25-23-39-15-6-7-18-47(39)52(43)49-20-9-8-19-48(49)50/h1-35H. The third kappa shape index (κ3) is 5.51. The Bertz CT molecular complexity index is 2920. The second kappa shape index (κ2) is 13.0. The van der Waals surface area contributed by atoms with E-state index in [0.717, 1.165) is 17.1 Å². The molecular weight excluding hydrogens is 639 g/mol. The number of hydrogen-bond donors (Lipinski definition) is 0. The first-order valence-corrected chi connectivity index (χ1v) is 18.3. The first kappa shape index (κ1) is 30.8. The maximum absolute atomic E-state index is 2.39. The lowest BCUT2D eigenvalue weighted by Gasteiger charge is -2.28. The molecule has 0 saturated heterocycles. The summed E-state index contributed by atoms with van der Waals surface area (Å²) < 4.78 is 0. The summed E-state index contributed by atoms with van der Waals surface area (Å²) in [4.78, 5) is 2.39. The van der Waals surface area contributed by atoms with Crippen LogP contribution in [0.2, 0.25) is 0 Å². The lowest BCUT2D eigenvalue weighted by molar-refractivity contribution is 1.28. The van der Waals surface area contributed by atoms with E-state index in [9.17, 15) is 0 Å². The lowest BCUT2D eigenvalue weighted by Crippen LogP contribution is -2.11. The average Bonchev–Trinajstić information content (AvgIpc) is 3.24. The fourth-order valence-electron chi connectivity index (χ4n) is 8.04. The molecule has 0 aliphatic heterocycles. The zero-order valence-electron chi connectivity index (χ0n) is 29.2. The fraction of sp³-hybridized carbons (Fsp3) is 0. The van der Waals surface area contributed by atoms with Crippen LogP contribution in [0, 0.1) is 0 Å². The second-order valence-corrected chi connectivity index (χ2v) is 13.7. The van der Waals surface area contributed by atoms with Crippen LogP contribution >= 0.6 is 0 Å². The molecule has 0 radical (unpaired) electrons. The van der Waals surface area contributed by atoms with Crippen molar-refractivity contribution in [2.24, 2.45) is 0 Å². The van der Waals surface area contributed by atoms with Gasteiger partial charge in [-0.2, -0.15) is 0 Å². The second-order valence-electron chi connectivity index (χ2n) is 13.7. The first-order valence-electron chi connectivity index (χ1n) is 18.3. The molecule has 0 bridgehead atoms. The highest BCUT2D eigenvalue weighted by Crippen LogP contribution is 2.43. The van der Waals surface area contributed by atoms with E-state index in [1.807, 2.05) is 0 Å². The molecule has 1 nitrogen and oxygen atoms in total. The summed E-state index contributed by atoms with van der Waals surface area (Å²) in [5.41, 5.74) is 10.6. The number of nitrogens with zero attached hydrogens (tertiary/aromatic N) is 1. The van der Waals surface area contributed by atoms with Gasteiger partial charge in [-0.05, 0) is 113 Å². The molecule has 0 amide bonds. The highest BCUT2D eigenvalue weighted by atomic mass is 15.1. The Morgan fingerprint density at radius 1 is 0.264 bits per heavy atom. The van der Waals surface area contributed by atoms with Gasteiger partial charge in [0.2, 0.25) is 0 Å². The SMILES string of the molecule is c1ccc(-c2ccccc2N(c2ccc(-c3ccc4ccccc4c3)cc2)c2ccc(-c3cc4ccc5ccccc5c4c4ccccc34)cc2)cc1. The van der Waals surface area contributed by atoms with Gasteiger partial charge in [-0.3, -0.25) is 0 Å². The Morgan fingerprint density at radius 3 is 1.57 bits per heavy atom. The number of para-hydroxylation sites is 1. The van der Waals surface area contributed by atoms with Crippen molar-refractivity contribution in [3.8, 4) is 33.4 Å². The molecule has 0 saturated carbocycles. The third-order valence-corrected chi connectivity index (χ3v) is 10.6. The van der Waals surface area contributed by atoms with E-state index < -0.39 is 0 Å². The molecule has 0 N–H and O–H groups in total. The van der Waals surface area contributed by atoms with E-state index in [0.29, 0.717) is 0 Å². The summed E-state index contributed by atoms with van der Waals surface area (Å²) in [6.45, 7) is 0. The summed E-state index contributed by atoms with van der Waals surface area (Å²) in [5.74, 6) is 0. The van der Waals surface area contributed by atoms with Gasteiger partial charge in [0, 0.05) is 16.9 Å². The van der Waals surface area contributed by atoms with Crippen LogP contribution in [0.25, 0.3) is 76.5 Å². The molecule has 10 aromatic rings. The molecule has 0 heterocycles. The molecule has 10 rings (SSSR count). The Morgan fingerprint density at radius 2 is 0.792 bits per heavy atom. The molecule has 10 aromatic carbocycles. The number of fused-ring (bicyclic) bond motifs is 6. The van der Waals surface area contributed by atoms with E-state index in [1.165, 1.54) is 76.5 Å². The summed E-state index contributed by atoms with van der Waals surface area (Å²) >= 11 is 0. The molecule has 53 heavy (non-hydrogen) atoms. The van der Waals surface area contributed by atoms with Crippen LogP contribution in [-0.4, -0.2) is 0 Å². The minimum Gasteiger partial charge on any atom is -0.310 e. The van der Waals surface area contributed by atoms with E-state index in [4.69, 9.17) is 0 Å². The first-order chi connectivity index (χ1) is 26.3. The highest BCUT2D eigenvalue weighted by Gasteiger charge is 2.18. The molecule has 0 aliphatic rings. The Balaban J connectivity index is 1.10. The van der Waals surface area contributed by atoms with E-state index in [-0.39, 0.29) is 0 Å². The van der Waals surface area contributed by atoms with Gasteiger partial charge in [0.25, 0.3) is 0 Å². The number of hydrogen-bond acceptors (Lipinski definition) is 1. The van der Waals surface area contributed by atoms with Crippen LogP contribution in [0.3, 0.4) is 0 Å². The summed E-state index contributed by atoms with van der Waals surface area (Å²) in [5, 5.41) is 10.2. The van der Waals surface area contributed by atoms with Gasteiger partial charge in [-0.25, -0.2) is 0 Å². The zero-order valence-corrected chi connectivity index (χ0v) is 29.2. The van der Waals surface area contributed by atoms with Gasteiger partial charge in [0.15, 0.2) is 0 Å². The topological polar surface area (TPSA) is 3.24 Å². The molecule has 0 unspecified atom stereocenters. The van der Waals surface area contributed by atoms with Crippen LogP contribution in [0.15, 0.2) is 212 Å². The maximum atomic E-state index is 2.39. The van der Waals surface area contributed by atoms with Crippen LogP contribution < -0.4 is 4.90 Å². The van der Waals surface area contributed by atoms with Gasteiger partial charge < -0.3 is 4.90 Å². The van der Waals surface area contributed by atoms with Crippen LogP contribution in [0.4, 0.5) is 17.1 Å².